The number of anilines is 1. The topological polar surface area (TPSA) is 45.7 Å². The van der Waals surface area contributed by atoms with Crippen molar-refractivity contribution in [3.63, 3.8) is 0 Å². The number of amides is 1. The molecule has 0 unspecified atom stereocenters. The maximum absolute atomic E-state index is 13.6. The van der Waals surface area contributed by atoms with Crippen molar-refractivity contribution in [2.45, 2.75) is 18.7 Å². The summed E-state index contributed by atoms with van der Waals surface area (Å²) in [5.41, 5.74) is 2.86. The maximum atomic E-state index is 13.6. The van der Waals surface area contributed by atoms with Crippen LogP contribution in [0.4, 0.5) is 5.13 Å². The van der Waals surface area contributed by atoms with Crippen molar-refractivity contribution in [2.75, 3.05) is 50.0 Å². The van der Waals surface area contributed by atoms with Crippen molar-refractivity contribution in [2.24, 2.45) is 0 Å². The molecule has 30 heavy (non-hydrogen) atoms. The second-order valence-corrected chi connectivity index (χ2v) is 9.69. The van der Waals surface area contributed by atoms with E-state index in [-0.39, 0.29) is 5.91 Å². The molecule has 0 N–H and O–H groups in total. The first-order valence-electron chi connectivity index (χ1n) is 10.4. The molecule has 1 saturated heterocycles. The summed E-state index contributed by atoms with van der Waals surface area (Å²) in [5.74, 6) is 0.993. The van der Waals surface area contributed by atoms with Gasteiger partial charge in [0.05, 0.1) is 23.4 Å². The zero-order valence-electron chi connectivity index (χ0n) is 17.5. The van der Waals surface area contributed by atoms with Crippen molar-refractivity contribution in [1.82, 2.24) is 9.88 Å². The highest BCUT2D eigenvalue weighted by molar-refractivity contribution is 7.99. The minimum absolute atomic E-state index is 0.0117. The van der Waals surface area contributed by atoms with E-state index in [1.165, 1.54) is 5.56 Å². The Kier molecular flexibility index (Phi) is 7.04. The number of thiazole rings is 1. The minimum Gasteiger partial charge on any atom is -0.379 e. The van der Waals surface area contributed by atoms with E-state index in [1.807, 2.05) is 29.2 Å². The number of hydrogen-bond donors (Lipinski definition) is 0. The van der Waals surface area contributed by atoms with Crippen molar-refractivity contribution in [1.29, 1.82) is 0 Å². The molecule has 5 nitrogen and oxygen atoms in total. The molecule has 1 aromatic heterocycles. The number of aryl methyl sites for hydroxylation is 1. The second-order valence-electron chi connectivity index (χ2n) is 7.34. The van der Waals surface area contributed by atoms with Crippen LogP contribution in [0.25, 0.3) is 10.2 Å². The minimum atomic E-state index is 0.0117. The zero-order chi connectivity index (χ0) is 20.9. The number of rotatable bonds is 7. The Hall–Kier alpha value is -1.93. The summed E-state index contributed by atoms with van der Waals surface area (Å²) in [6, 6.07) is 14.2. The SMILES string of the molecule is CCSc1cccc(C(=O)N(CCN2CCOCC2)c2nc3ccc(C)cc3s2)c1. The Labute approximate surface area is 186 Å². The zero-order valence-corrected chi connectivity index (χ0v) is 19.1. The van der Waals surface area contributed by atoms with E-state index in [0.29, 0.717) is 12.1 Å². The van der Waals surface area contributed by atoms with E-state index >= 15 is 0 Å². The third kappa shape index (κ3) is 5.03. The van der Waals surface area contributed by atoms with Crippen LogP contribution in [0.2, 0.25) is 0 Å². The Morgan fingerprint density at radius 1 is 1.23 bits per heavy atom. The number of morpholine rings is 1. The van der Waals surface area contributed by atoms with Crippen LogP contribution in [0.1, 0.15) is 22.8 Å². The van der Waals surface area contributed by atoms with Gasteiger partial charge in [-0.15, -0.1) is 11.8 Å². The largest absolute Gasteiger partial charge is 0.379 e. The van der Waals surface area contributed by atoms with E-state index in [1.54, 1.807) is 23.1 Å². The molecule has 1 fully saturated rings. The Balaban J connectivity index is 1.63. The average Bonchev–Trinajstić information content (AvgIpc) is 3.17. The number of carbonyl (C=O) groups excluding carboxylic acids is 1. The molecule has 2 heterocycles. The molecule has 4 rings (SSSR count). The molecule has 0 bridgehead atoms. The van der Waals surface area contributed by atoms with Crippen molar-refractivity contribution in [3.05, 3.63) is 53.6 Å². The summed E-state index contributed by atoms with van der Waals surface area (Å²) in [4.78, 5) is 23.7. The number of ether oxygens (including phenoxy) is 1. The number of nitrogens with zero attached hydrogens (tertiary/aromatic N) is 3. The van der Waals surface area contributed by atoms with Crippen molar-refractivity contribution >= 4 is 44.4 Å². The van der Waals surface area contributed by atoms with Gasteiger partial charge in [0.2, 0.25) is 0 Å². The van der Waals surface area contributed by atoms with E-state index in [2.05, 4.69) is 36.9 Å². The summed E-state index contributed by atoms with van der Waals surface area (Å²) in [5, 5.41) is 0.766. The van der Waals surface area contributed by atoms with Crippen LogP contribution in [-0.2, 0) is 4.74 Å². The van der Waals surface area contributed by atoms with Crippen LogP contribution in [0.5, 0.6) is 0 Å². The third-order valence-corrected chi connectivity index (χ3v) is 7.06. The van der Waals surface area contributed by atoms with E-state index in [0.717, 1.165) is 58.8 Å². The van der Waals surface area contributed by atoms with Crippen LogP contribution in [0.15, 0.2) is 47.4 Å². The maximum Gasteiger partial charge on any atom is 0.260 e. The van der Waals surface area contributed by atoms with Gasteiger partial charge >= 0.3 is 0 Å². The molecule has 2 aromatic carbocycles. The number of hydrogen-bond acceptors (Lipinski definition) is 6. The van der Waals surface area contributed by atoms with Gasteiger partial charge in [-0.25, -0.2) is 4.98 Å². The monoisotopic (exact) mass is 441 g/mol. The molecule has 3 aromatic rings. The predicted molar refractivity (Wildman–Crippen MR) is 126 cm³/mol. The number of carbonyl (C=O) groups is 1. The van der Waals surface area contributed by atoms with Crippen LogP contribution in [0, 0.1) is 6.92 Å². The van der Waals surface area contributed by atoms with Crippen LogP contribution < -0.4 is 4.90 Å². The molecule has 0 radical (unpaired) electrons. The Morgan fingerprint density at radius 2 is 2.07 bits per heavy atom. The van der Waals surface area contributed by atoms with Gasteiger partial charge in [0, 0.05) is 36.6 Å². The molecular formula is C23H27N3O2S2. The number of benzene rings is 2. The van der Waals surface area contributed by atoms with Crippen LogP contribution >= 0.6 is 23.1 Å². The lowest BCUT2D eigenvalue weighted by Gasteiger charge is -2.29. The van der Waals surface area contributed by atoms with Gasteiger partial charge in [0.15, 0.2) is 5.13 Å². The first kappa shape index (κ1) is 21.3. The molecule has 1 aliphatic rings. The standard InChI is InChI=1S/C23H27N3O2S2/c1-3-29-19-6-4-5-18(16-19)22(27)26(10-9-25-11-13-28-14-12-25)23-24-20-8-7-17(2)15-21(20)30-23/h4-8,15-16H,3,9-14H2,1-2H3. The molecule has 1 aliphatic heterocycles. The van der Waals surface area contributed by atoms with Gasteiger partial charge in [-0.1, -0.05) is 30.4 Å². The summed E-state index contributed by atoms with van der Waals surface area (Å²) in [7, 11) is 0. The average molecular weight is 442 g/mol. The lowest BCUT2D eigenvalue weighted by molar-refractivity contribution is 0.0391. The summed E-state index contributed by atoms with van der Waals surface area (Å²) in [6.07, 6.45) is 0. The van der Waals surface area contributed by atoms with Crippen LogP contribution in [0.3, 0.4) is 0 Å². The highest BCUT2D eigenvalue weighted by Gasteiger charge is 2.23. The van der Waals surface area contributed by atoms with Crippen LogP contribution in [-0.4, -0.2) is 60.9 Å². The molecule has 1 amide bonds. The fourth-order valence-corrected chi connectivity index (χ4v) is 5.33. The second kappa shape index (κ2) is 9.92. The normalized spacial score (nSPS) is 14.9. The van der Waals surface area contributed by atoms with Gasteiger partial charge < -0.3 is 4.74 Å². The smallest absolute Gasteiger partial charge is 0.260 e. The summed E-state index contributed by atoms with van der Waals surface area (Å²) >= 11 is 3.34. The number of thioether (sulfide) groups is 1. The van der Waals surface area contributed by atoms with E-state index in [9.17, 15) is 4.79 Å². The highest BCUT2D eigenvalue weighted by atomic mass is 32.2. The molecule has 158 valence electrons. The molecule has 7 heteroatoms. The Morgan fingerprint density at radius 3 is 2.87 bits per heavy atom. The van der Waals surface area contributed by atoms with Gasteiger partial charge in [-0.05, 0) is 48.6 Å². The number of aromatic nitrogens is 1. The lowest BCUT2D eigenvalue weighted by atomic mass is 10.2. The van der Waals surface area contributed by atoms with E-state index < -0.39 is 0 Å². The first-order valence-corrected chi connectivity index (χ1v) is 12.2. The lowest BCUT2D eigenvalue weighted by Crippen LogP contribution is -2.43. The van der Waals surface area contributed by atoms with E-state index in [4.69, 9.17) is 9.72 Å². The summed E-state index contributed by atoms with van der Waals surface area (Å²) in [6.45, 7) is 8.95. The number of fused-ring (bicyclic) bond motifs is 1. The first-order chi connectivity index (χ1) is 14.6. The van der Waals surface area contributed by atoms with Gasteiger partial charge in [-0.2, -0.15) is 0 Å². The third-order valence-electron chi connectivity index (χ3n) is 5.14. The predicted octanol–water partition coefficient (Wildman–Crippen LogP) is 4.70. The fraction of sp³-hybridized carbons (Fsp3) is 0.391. The molecular weight excluding hydrogens is 414 g/mol. The molecule has 0 aliphatic carbocycles. The molecule has 0 saturated carbocycles. The molecule has 0 atom stereocenters. The van der Waals surface area contributed by atoms with Crippen molar-refractivity contribution < 1.29 is 9.53 Å². The highest BCUT2D eigenvalue weighted by Crippen LogP contribution is 2.31. The molecule has 0 spiro atoms. The van der Waals surface area contributed by atoms with Gasteiger partial charge in [-0.3, -0.25) is 14.6 Å². The quantitative estimate of drug-likeness (QED) is 0.498. The van der Waals surface area contributed by atoms with Gasteiger partial charge in [0.25, 0.3) is 5.91 Å². The van der Waals surface area contributed by atoms with Crippen molar-refractivity contribution in [3.8, 4) is 0 Å². The fourth-order valence-electron chi connectivity index (χ4n) is 3.53. The summed E-state index contributed by atoms with van der Waals surface area (Å²) < 4.78 is 6.58. The van der Waals surface area contributed by atoms with Gasteiger partial charge in [0.1, 0.15) is 0 Å². The Bertz CT molecular complexity index is 1010.